The summed E-state index contributed by atoms with van der Waals surface area (Å²) in [6.07, 6.45) is 3.17. The molecule has 3 aromatic rings. The highest BCUT2D eigenvalue weighted by Crippen LogP contribution is 2.31. The molecule has 0 spiro atoms. The Morgan fingerprint density at radius 1 is 1.08 bits per heavy atom. The van der Waals surface area contributed by atoms with Gasteiger partial charge in [-0.3, -0.25) is 9.69 Å². The monoisotopic (exact) mass is 426 g/mol. The van der Waals surface area contributed by atoms with E-state index in [1.807, 2.05) is 42.5 Å². The number of halogens is 2. The van der Waals surface area contributed by atoms with Crippen LogP contribution in [0.5, 0.6) is 0 Å². The van der Waals surface area contributed by atoms with Gasteiger partial charge in [-0.1, -0.05) is 45.7 Å². The van der Waals surface area contributed by atoms with Crippen LogP contribution in [0, 0.1) is 0 Å². The first-order valence-electron chi connectivity index (χ1n) is 7.82. The molecule has 0 saturated carbocycles. The van der Waals surface area contributed by atoms with E-state index < -0.39 is 0 Å². The second-order valence-corrected chi connectivity index (χ2v) is 6.90. The van der Waals surface area contributed by atoms with Gasteiger partial charge in [0.2, 0.25) is 0 Å². The molecule has 1 aliphatic heterocycles. The highest BCUT2D eigenvalue weighted by Gasteiger charge is 2.33. The number of hydrogen-bond acceptors (Lipinski definition) is 3. The van der Waals surface area contributed by atoms with Crippen molar-refractivity contribution in [2.45, 2.75) is 0 Å². The quantitative estimate of drug-likeness (QED) is 0.516. The third-order valence-electron chi connectivity index (χ3n) is 3.86. The smallest absolute Gasteiger partial charge is 0.282 e. The molecular formula is C20H12BrClN2O2. The number of furan rings is 1. The molecule has 0 N–H and O–H groups in total. The SMILES string of the molecule is O=C1/C(=C\c2ccco2)N=C(c2ccccc2Cl)N1c1cccc(Br)c1. The van der Waals surface area contributed by atoms with E-state index in [-0.39, 0.29) is 11.6 Å². The van der Waals surface area contributed by atoms with Gasteiger partial charge in [0.1, 0.15) is 17.3 Å². The predicted octanol–water partition coefficient (Wildman–Crippen LogP) is 5.53. The fourth-order valence-electron chi connectivity index (χ4n) is 2.70. The molecule has 0 unspecified atom stereocenters. The van der Waals surface area contributed by atoms with Gasteiger partial charge in [0, 0.05) is 16.1 Å². The van der Waals surface area contributed by atoms with Gasteiger partial charge >= 0.3 is 0 Å². The number of amidine groups is 1. The van der Waals surface area contributed by atoms with E-state index in [4.69, 9.17) is 16.0 Å². The summed E-state index contributed by atoms with van der Waals surface area (Å²) in [7, 11) is 0. The Hall–Kier alpha value is -2.63. The summed E-state index contributed by atoms with van der Waals surface area (Å²) in [5.41, 5.74) is 1.67. The lowest BCUT2D eigenvalue weighted by molar-refractivity contribution is -0.113. The number of carbonyl (C=O) groups is 1. The fourth-order valence-corrected chi connectivity index (χ4v) is 3.31. The van der Waals surface area contributed by atoms with Gasteiger partial charge < -0.3 is 4.42 Å². The third-order valence-corrected chi connectivity index (χ3v) is 4.69. The second kappa shape index (κ2) is 6.94. The number of rotatable bonds is 3. The Balaban J connectivity index is 1.87. The highest BCUT2D eigenvalue weighted by atomic mass is 79.9. The largest absolute Gasteiger partial charge is 0.465 e. The average molecular weight is 428 g/mol. The third kappa shape index (κ3) is 3.11. The van der Waals surface area contributed by atoms with Gasteiger partial charge in [-0.15, -0.1) is 0 Å². The first-order valence-corrected chi connectivity index (χ1v) is 8.99. The van der Waals surface area contributed by atoms with Crippen LogP contribution in [-0.2, 0) is 4.79 Å². The topological polar surface area (TPSA) is 45.8 Å². The van der Waals surface area contributed by atoms with Crippen molar-refractivity contribution in [1.29, 1.82) is 0 Å². The van der Waals surface area contributed by atoms with Crippen molar-refractivity contribution in [3.63, 3.8) is 0 Å². The van der Waals surface area contributed by atoms with E-state index in [9.17, 15) is 4.79 Å². The van der Waals surface area contributed by atoms with Crippen LogP contribution >= 0.6 is 27.5 Å². The van der Waals surface area contributed by atoms with Crippen LogP contribution in [0.25, 0.3) is 6.08 Å². The van der Waals surface area contributed by atoms with Gasteiger partial charge in [0.15, 0.2) is 0 Å². The lowest BCUT2D eigenvalue weighted by Crippen LogP contribution is -2.32. The standard InChI is InChI=1S/C20H12BrClN2O2/c21-13-5-3-6-14(11-13)24-19(16-8-1-2-9-17(16)22)23-18(20(24)25)12-15-7-4-10-26-15/h1-12H/b18-12+. The van der Waals surface area contributed by atoms with E-state index in [2.05, 4.69) is 20.9 Å². The van der Waals surface area contributed by atoms with Gasteiger partial charge in [-0.05, 0) is 42.5 Å². The van der Waals surface area contributed by atoms with Crippen LogP contribution < -0.4 is 4.90 Å². The summed E-state index contributed by atoms with van der Waals surface area (Å²) >= 11 is 9.81. The maximum absolute atomic E-state index is 13.1. The van der Waals surface area contributed by atoms with Gasteiger partial charge in [0.05, 0.1) is 17.0 Å². The van der Waals surface area contributed by atoms with Crippen molar-refractivity contribution in [2.24, 2.45) is 4.99 Å². The minimum absolute atomic E-state index is 0.241. The predicted molar refractivity (Wildman–Crippen MR) is 106 cm³/mol. The number of anilines is 1. The molecular weight excluding hydrogens is 416 g/mol. The zero-order valence-corrected chi connectivity index (χ0v) is 15.7. The Morgan fingerprint density at radius 2 is 1.92 bits per heavy atom. The minimum Gasteiger partial charge on any atom is -0.465 e. The molecule has 6 heteroatoms. The van der Waals surface area contributed by atoms with Crippen molar-refractivity contribution in [3.8, 4) is 0 Å². The van der Waals surface area contributed by atoms with E-state index in [0.29, 0.717) is 27.9 Å². The van der Waals surface area contributed by atoms with Crippen LogP contribution in [0.3, 0.4) is 0 Å². The molecule has 1 aromatic heterocycles. The minimum atomic E-state index is -0.241. The first kappa shape index (κ1) is 16.8. The number of hydrogen-bond donors (Lipinski definition) is 0. The van der Waals surface area contributed by atoms with Crippen LogP contribution in [-0.4, -0.2) is 11.7 Å². The molecule has 1 aliphatic rings. The average Bonchev–Trinajstić information content (AvgIpc) is 3.24. The Labute approximate surface area is 163 Å². The van der Waals surface area contributed by atoms with Gasteiger partial charge in [-0.2, -0.15) is 0 Å². The molecule has 1 amide bonds. The number of amides is 1. The number of nitrogens with zero attached hydrogens (tertiary/aromatic N) is 2. The summed E-state index contributed by atoms with van der Waals surface area (Å²) in [5.74, 6) is 0.803. The summed E-state index contributed by atoms with van der Waals surface area (Å²) < 4.78 is 6.18. The van der Waals surface area contributed by atoms with Crippen LogP contribution in [0.2, 0.25) is 5.02 Å². The van der Waals surface area contributed by atoms with Crippen molar-refractivity contribution in [3.05, 3.63) is 93.4 Å². The molecule has 4 nitrogen and oxygen atoms in total. The molecule has 0 aliphatic carbocycles. The van der Waals surface area contributed by atoms with Crippen molar-refractivity contribution < 1.29 is 9.21 Å². The molecule has 128 valence electrons. The van der Waals surface area contributed by atoms with Crippen molar-refractivity contribution in [2.75, 3.05) is 4.90 Å². The fraction of sp³-hybridized carbons (Fsp3) is 0. The lowest BCUT2D eigenvalue weighted by atomic mass is 10.1. The Kier molecular flexibility index (Phi) is 4.49. The van der Waals surface area contributed by atoms with Crippen molar-refractivity contribution >= 4 is 51.0 Å². The molecule has 0 fully saturated rings. The normalized spacial score (nSPS) is 15.6. The van der Waals surface area contributed by atoms with Crippen LogP contribution in [0.1, 0.15) is 11.3 Å². The van der Waals surface area contributed by atoms with Crippen LogP contribution in [0.4, 0.5) is 5.69 Å². The van der Waals surface area contributed by atoms with Gasteiger partial charge in [0.25, 0.3) is 5.91 Å². The molecule has 26 heavy (non-hydrogen) atoms. The summed E-state index contributed by atoms with van der Waals surface area (Å²) in [6, 6.07) is 18.3. The van der Waals surface area contributed by atoms with E-state index in [0.717, 1.165) is 4.47 Å². The zero-order valence-electron chi connectivity index (χ0n) is 13.4. The lowest BCUT2D eigenvalue weighted by Gasteiger charge is -2.19. The molecule has 2 heterocycles. The Morgan fingerprint density at radius 3 is 2.65 bits per heavy atom. The van der Waals surface area contributed by atoms with Gasteiger partial charge in [-0.25, -0.2) is 4.99 Å². The number of aliphatic imine (C=N–C) groups is 1. The van der Waals surface area contributed by atoms with E-state index in [1.165, 1.54) is 0 Å². The van der Waals surface area contributed by atoms with E-state index in [1.54, 1.807) is 35.4 Å². The maximum atomic E-state index is 13.1. The summed E-state index contributed by atoms with van der Waals surface area (Å²) in [5, 5.41) is 0.526. The maximum Gasteiger partial charge on any atom is 0.282 e. The summed E-state index contributed by atoms with van der Waals surface area (Å²) in [4.78, 5) is 19.2. The number of benzene rings is 2. The van der Waals surface area contributed by atoms with Crippen LogP contribution in [0.15, 0.2) is 86.5 Å². The first-order chi connectivity index (χ1) is 12.6. The van der Waals surface area contributed by atoms with E-state index >= 15 is 0 Å². The molecule has 2 aromatic carbocycles. The molecule has 0 atom stereocenters. The second-order valence-electron chi connectivity index (χ2n) is 5.58. The Bertz CT molecular complexity index is 1040. The summed E-state index contributed by atoms with van der Waals surface area (Å²) in [6.45, 7) is 0. The number of carbonyl (C=O) groups excluding carboxylic acids is 1. The highest BCUT2D eigenvalue weighted by molar-refractivity contribution is 9.10. The zero-order chi connectivity index (χ0) is 18.1. The molecule has 0 saturated heterocycles. The van der Waals surface area contributed by atoms with Crippen molar-refractivity contribution in [1.82, 2.24) is 0 Å². The molecule has 0 bridgehead atoms. The molecule has 4 rings (SSSR count). The molecule has 0 radical (unpaired) electrons.